The van der Waals surface area contributed by atoms with Gasteiger partial charge in [0.05, 0.1) is 17.8 Å². The third kappa shape index (κ3) is 7.82. The van der Waals surface area contributed by atoms with Crippen molar-refractivity contribution in [1.29, 1.82) is 0 Å². The fourth-order valence-electron chi connectivity index (χ4n) is 5.73. The van der Waals surface area contributed by atoms with E-state index >= 15 is 0 Å². The molecule has 2 aliphatic rings. The molecule has 2 rings (SSSR count). The van der Waals surface area contributed by atoms with Crippen LogP contribution in [0.4, 0.5) is 0 Å². The SMILES string of the molecule is CCC1OC(=O)[C@H](C)C(=O)[C@H](C)[C@@H](O[C@@H]2O[C@H](C)C[C@H](N(C)C)[C@H]2O)[C@@H](C)C[C@@H](C)C(=O)CC[C@]1(C)O. The average Bonchev–Trinajstić information content (AvgIpc) is 2.83. The maximum atomic E-state index is 13.5. The van der Waals surface area contributed by atoms with E-state index in [1.54, 1.807) is 20.8 Å². The van der Waals surface area contributed by atoms with E-state index in [0.717, 1.165) is 0 Å². The smallest absolute Gasteiger partial charge is 0.316 e. The topological polar surface area (TPSA) is 123 Å². The highest BCUT2D eigenvalue weighted by Gasteiger charge is 2.44. The van der Waals surface area contributed by atoms with Gasteiger partial charge in [0.25, 0.3) is 0 Å². The fraction of sp³-hybridized carbons (Fsp3) is 0.893. The number of aliphatic hydroxyl groups excluding tert-OH is 1. The van der Waals surface area contributed by atoms with E-state index < -0.39 is 48.0 Å². The predicted octanol–water partition coefficient (Wildman–Crippen LogP) is 2.74. The van der Waals surface area contributed by atoms with Gasteiger partial charge >= 0.3 is 5.97 Å². The summed E-state index contributed by atoms with van der Waals surface area (Å²) < 4.78 is 17.9. The summed E-state index contributed by atoms with van der Waals surface area (Å²) >= 11 is 0. The molecule has 2 N–H and O–H groups in total. The highest BCUT2D eigenvalue weighted by molar-refractivity contribution is 6.00. The summed E-state index contributed by atoms with van der Waals surface area (Å²) in [6.45, 7) is 12.3. The first kappa shape index (κ1) is 31.8. The molecule has 2 saturated heterocycles. The summed E-state index contributed by atoms with van der Waals surface area (Å²) in [5.74, 6) is -3.43. The molecule has 214 valence electrons. The summed E-state index contributed by atoms with van der Waals surface area (Å²) in [7, 11) is 3.78. The van der Waals surface area contributed by atoms with Crippen LogP contribution in [0.15, 0.2) is 0 Å². The average molecular weight is 528 g/mol. The third-order valence-corrected chi connectivity index (χ3v) is 8.33. The van der Waals surface area contributed by atoms with E-state index in [4.69, 9.17) is 14.2 Å². The molecule has 0 aromatic carbocycles. The summed E-state index contributed by atoms with van der Waals surface area (Å²) in [6, 6.07) is -0.179. The van der Waals surface area contributed by atoms with Gasteiger partial charge < -0.3 is 29.3 Å². The number of cyclic esters (lactones) is 1. The third-order valence-electron chi connectivity index (χ3n) is 8.33. The van der Waals surface area contributed by atoms with Crippen LogP contribution in [0.3, 0.4) is 0 Å². The zero-order valence-electron chi connectivity index (χ0n) is 24.1. The van der Waals surface area contributed by atoms with Crippen molar-refractivity contribution >= 4 is 17.5 Å². The van der Waals surface area contributed by atoms with Gasteiger partial charge in [0.2, 0.25) is 0 Å². The molecule has 2 aliphatic heterocycles. The lowest BCUT2D eigenvalue weighted by molar-refractivity contribution is -0.278. The quantitative estimate of drug-likeness (QED) is 0.420. The number of esters is 1. The van der Waals surface area contributed by atoms with Crippen molar-refractivity contribution in [3.63, 3.8) is 0 Å². The summed E-state index contributed by atoms with van der Waals surface area (Å²) in [5.41, 5.74) is -1.39. The predicted molar refractivity (Wildman–Crippen MR) is 139 cm³/mol. The summed E-state index contributed by atoms with van der Waals surface area (Å²) in [5, 5.41) is 22.0. The van der Waals surface area contributed by atoms with Crippen molar-refractivity contribution in [2.75, 3.05) is 14.1 Å². The number of hydrogen-bond acceptors (Lipinski definition) is 9. The number of ether oxygens (including phenoxy) is 3. The standard InChI is InChI=1S/C28H49NO8/c1-10-22-28(7,34)12-11-21(30)15(2)13-16(3)25(18(5)23(31)19(6)26(33)36-22)37-27-24(32)20(29(8)9)14-17(4)35-27/h15-20,22,24-25,27,32,34H,10-14H2,1-9H3/t15-,16+,17-,18+,19-,20+,22?,24-,25+,27+,28+/m1/s1. The van der Waals surface area contributed by atoms with Gasteiger partial charge in [-0.2, -0.15) is 0 Å². The van der Waals surface area contributed by atoms with E-state index in [0.29, 0.717) is 19.3 Å². The number of hydrogen-bond donors (Lipinski definition) is 2. The van der Waals surface area contributed by atoms with Gasteiger partial charge in [-0.05, 0) is 66.5 Å². The van der Waals surface area contributed by atoms with Crippen LogP contribution in [-0.4, -0.2) is 89.1 Å². The molecule has 0 radical (unpaired) electrons. The molecule has 0 aliphatic carbocycles. The van der Waals surface area contributed by atoms with Crippen molar-refractivity contribution in [1.82, 2.24) is 4.90 Å². The van der Waals surface area contributed by atoms with Crippen LogP contribution in [0.1, 0.15) is 80.6 Å². The zero-order valence-corrected chi connectivity index (χ0v) is 24.1. The summed E-state index contributed by atoms with van der Waals surface area (Å²) in [4.78, 5) is 41.4. The molecule has 37 heavy (non-hydrogen) atoms. The molecule has 9 heteroatoms. The van der Waals surface area contributed by atoms with Crippen LogP contribution in [0.5, 0.6) is 0 Å². The molecule has 0 amide bonds. The highest BCUT2D eigenvalue weighted by Crippen LogP contribution is 2.33. The van der Waals surface area contributed by atoms with Crippen LogP contribution < -0.4 is 0 Å². The number of Topliss-reactive ketones (excluding diaryl/α,β-unsaturated/α-hetero) is 2. The van der Waals surface area contributed by atoms with Crippen LogP contribution in [0, 0.1) is 23.7 Å². The molecule has 0 aromatic heterocycles. The Bertz CT molecular complexity index is 799. The number of rotatable bonds is 4. The van der Waals surface area contributed by atoms with Crippen molar-refractivity contribution < 1.29 is 38.8 Å². The normalized spacial score (nSPS) is 43.4. The zero-order chi connectivity index (χ0) is 28.2. The molecule has 2 fully saturated rings. The second-order valence-corrected chi connectivity index (χ2v) is 11.9. The molecule has 0 bridgehead atoms. The largest absolute Gasteiger partial charge is 0.459 e. The van der Waals surface area contributed by atoms with Crippen molar-refractivity contribution in [2.45, 2.75) is 123 Å². The maximum Gasteiger partial charge on any atom is 0.316 e. The Balaban J connectivity index is 2.39. The first-order chi connectivity index (χ1) is 17.1. The Morgan fingerprint density at radius 3 is 2.27 bits per heavy atom. The molecular weight excluding hydrogens is 478 g/mol. The van der Waals surface area contributed by atoms with E-state index in [1.165, 1.54) is 6.92 Å². The number of nitrogens with zero attached hydrogens (tertiary/aromatic N) is 1. The molecule has 0 saturated carbocycles. The molecular formula is C28H49NO8. The number of carbonyl (C=O) groups is 3. The van der Waals surface area contributed by atoms with Crippen molar-refractivity contribution in [3.05, 3.63) is 0 Å². The van der Waals surface area contributed by atoms with Crippen molar-refractivity contribution in [3.8, 4) is 0 Å². The maximum absolute atomic E-state index is 13.5. The Kier molecular flexibility index (Phi) is 11.3. The number of ketones is 2. The minimum atomic E-state index is -1.39. The highest BCUT2D eigenvalue weighted by atomic mass is 16.7. The Hall–Kier alpha value is -1.39. The minimum absolute atomic E-state index is 0.00768. The lowest BCUT2D eigenvalue weighted by atomic mass is 9.79. The first-order valence-electron chi connectivity index (χ1n) is 13.7. The molecule has 1 unspecified atom stereocenters. The fourth-order valence-corrected chi connectivity index (χ4v) is 5.73. The Morgan fingerprint density at radius 2 is 1.70 bits per heavy atom. The molecule has 0 spiro atoms. The van der Waals surface area contributed by atoms with E-state index in [2.05, 4.69) is 0 Å². The van der Waals surface area contributed by atoms with E-state index in [-0.39, 0.29) is 48.4 Å². The number of carbonyl (C=O) groups excluding carboxylic acids is 3. The molecule has 11 atom stereocenters. The second kappa shape index (κ2) is 13.1. The van der Waals surface area contributed by atoms with Crippen LogP contribution in [-0.2, 0) is 28.6 Å². The van der Waals surface area contributed by atoms with Gasteiger partial charge in [-0.1, -0.05) is 27.7 Å². The second-order valence-electron chi connectivity index (χ2n) is 11.9. The van der Waals surface area contributed by atoms with Crippen LogP contribution in [0.2, 0.25) is 0 Å². The van der Waals surface area contributed by atoms with Gasteiger partial charge in [0, 0.05) is 24.3 Å². The van der Waals surface area contributed by atoms with E-state index in [9.17, 15) is 24.6 Å². The Morgan fingerprint density at radius 1 is 1.08 bits per heavy atom. The van der Waals surface area contributed by atoms with Gasteiger partial charge in [-0.15, -0.1) is 0 Å². The number of aliphatic hydroxyl groups is 2. The Labute approximate surface area is 222 Å². The lowest BCUT2D eigenvalue weighted by Crippen LogP contribution is -2.56. The van der Waals surface area contributed by atoms with Crippen LogP contribution >= 0.6 is 0 Å². The molecule has 0 aromatic rings. The molecule has 2 heterocycles. The minimum Gasteiger partial charge on any atom is -0.459 e. The monoisotopic (exact) mass is 527 g/mol. The molecule has 9 nitrogen and oxygen atoms in total. The van der Waals surface area contributed by atoms with Gasteiger partial charge in [0.15, 0.2) is 12.1 Å². The van der Waals surface area contributed by atoms with Gasteiger partial charge in [0.1, 0.15) is 23.9 Å². The lowest BCUT2D eigenvalue weighted by Gasteiger charge is -2.43. The summed E-state index contributed by atoms with van der Waals surface area (Å²) in [6.07, 6.45) is -1.82. The van der Waals surface area contributed by atoms with Crippen molar-refractivity contribution in [2.24, 2.45) is 23.7 Å². The van der Waals surface area contributed by atoms with E-state index in [1.807, 2.05) is 39.8 Å². The van der Waals surface area contributed by atoms with Gasteiger partial charge in [-0.3, -0.25) is 14.4 Å². The number of likely N-dealkylation sites (N-methyl/N-ethyl adjacent to an activating group) is 1. The van der Waals surface area contributed by atoms with Crippen LogP contribution in [0.25, 0.3) is 0 Å². The van der Waals surface area contributed by atoms with Gasteiger partial charge in [-0.25, -0.2) is 0 Å². The first-order valence-corrected chi connectivity index (χ1v) is 13.7.